The third-order valence-corrected chi connectivity index (χ3v) is 6.66. The Morgan fingerprint density at radius 3 is 2.50 bits per heavy atom. The minimum atomic E-state index is -3.72. The fourth-order valence-corrected chi connectivity index (χ4v) is 5.20. The van der Waals surface area contributed by atoms with Crippen LogP contribution in [0.15, 0.2) is 34.5 Å². The minimum Gasteiger partial charge on any atom is -0.481 e. The Hall–Kier alpha value is -1.77. The lowest BCUT2D eigenvalue weighted by Crippen LogP contribution is -2.36. The van der Waals surface area contributed by atoms with Crippen LogP contribution in [-0.4, -0.2) is 30.5 Å². The Morgan fingerprint density at radius 1 is 1.29 bits per heavy atom. The van der Waals surface area contributed by atoms with E-state index in [0.717, 1.165) is 16.9 Å². The van der Waals surface area contributed by atoms with Crippen molar-refractivity contribution in [2.75, 3.05) is 0 Å². The summed E-state index contributed by atoms with van der Waals surface area (Å²) in [6.07, 6.45) is 0.561. The van der Waals surface area contributed by atoms with E-state index in [0.29, 0.717) is 17.1 Å². The van der Waals surface area contributed by atoms with Crippen molar-refractivity contribution in [3.63, 3.8) is 0 Å². The number of nitrogens with zero attached hydrogens (tertiary/aromatic N) is 1. The number of nitrogens with one attached hydrogen (secondary N) is 1. The van der Waals surface area contributed by atoms with Crippen LogP contribution in [0.25, 0.3) is 0 Å². The van der Waals surface area contributed by atoms with Gasteiger partial charge in [-0.25, -0.2) is 18.1 Å². The maximum Gasteiger partial charge on any atom is 0.303 e. The minimum absolute atomic E-state index is 0.0965. The van der Waals surface area contributed by atoms with Gasteiger partial charge in [0.15, 0.2) is 4.21 Å². The number of aliphatic carboxylic acids is 1. The SMILES string of the molecule is Cc1nc(C)c(S(=O)(=O)NC(CCC(=O)O)Cc2ccccc2)s1. The molecule has 0 saturated carbocycles. The molecular weight excluding hydrogens is 348 g/mol. The van der Waals surface area contributed by atoms with Gasteiger partial charge in [0, 0.05) is 12.5 Å². The molecule has 0 aliphatic rings. The molecule has 6 nitrogen and oxygen atoms in total. The summed E-state index contributed by atoms with van der Waals surface area (Å²) in [5.74, 6) is -0.947. The first-order valence-electron chi connectivity index (χ1n) is 7.50. The van der Waals surface area contributed by atoms with Crippen molar-refractivity contribution in [2.45, 2.75) is 43.4 Å². The lowest BCUT2D eigenvalue weighted by Gasteiger charge is -2.18. The van der Waals surface area contributed by atoms with Gasteiger partial charge in [0.05, 0.1) is 10.7 Å². The molecule has 0 aliphatic heterocycles. The second kappa shape index (κ2) is 7.87. The van der Waals surface area contributed by atoms with E-state index in [9.17, 15) is 13.2 Å². The molecule has 2 rings (SSSR count). The summed E-state index contributed by atoms with van der Waals surface area (Å²) in [5, 5.41) is 9.58. The van der Waals surface area contributed by atoms with E-state index in [1.807, 2.05) is 30.3 Å². The molecule has 130 valence electrons. The maximum absolute atomic E-state index is 12.6. The quantitative estimate of drug-likeness (QED) is 0.746. The third-order valence-electron chi connectivity index (χ3n) is 3.46. The number of carbonyl (C=O) groups is 1. The molecule has 8 heteroatoms. The van der Waals surface area contributed by atoms with Gasteiger partial charge in [0.1, 0.15) is 0 Å². The fraction of sp³-hybridized carbons (Fsp3) is 0.375. The zero-order valence-corrected chi connectivity index (χ0v) is 15.2. The highest BCUT2D eigenvalue weighted by molar-refractivity contribution is 7.91. The van der Waals surface area contributed by atoms with Crippen molar-refractivity contribution >= 4 is 27.3 Å². The molecule has 2 N–H and O–H groups in total. The predicted molar refractivity (Wildman–Crippen MR) is 92.7 cm³/mol. The summed E-state index contributed by atoms with van der Waals surface area (Å²) < 4.78 is 28.1. The van der Waals surface area contributed by atoms with E-state index in [-0.39, 0.29) is 17.1 Å². The van der Waals surface area contributed by atoms with E-state index in [1.54, 1.807) is 13.8 Å². The van der Waals surface area contributed by atoms with Gasteiger partial charge in [-0.2, -0.15) is 0 Å². The summed E-state index contributed by atoms with van der Waals surface area (Å²) in [6, 6.07) is 8.91. The molecule has 0 fully saturated rings. The van der Waals surface area contributed by atoms with Crippen molar-refractivity contribution in [3.8, 4) is 0 Å². The first-order chi connectivity index (χ1) is 11.3. The van der Waals surface area contributed by atoms with Crippen LogP contribution in [0.1, 0.15) is 29.1 Å². The first kappa shape index (κ1) is 18.6. The fourth-order valence-electron chi connectivity index (χ4n) is 2.43. The first-order valence-corrected chi connectivity index (χ1v) is 9.80. The molecule has 0 radical (unpaired) electrons. The molecule has 1 unspecified atom stereocenters. The van der Waals surface area contributed by atoms with Gasteiger partial charge in [-0.1, -0.05) is 30.3 Å². The van der Waals surface area contributed by atoms with Crippen LogP contribution in [-0.2, 0) is 21.2 Å². The molecule has 0 saturated heterocycles. The average Bonchev–Trinajstić information content (AvgIpc) is 2.85. The van der Waals surface area contributed by atoms with Crippen LogP contribution in [0.5, 0.6) is 0 Å². The van der Waals surface area contributed by atoms with Gasteiger partial charge in [-0.3, -0.25) is 4.79 Å². The van der Waals surface area contributed by atoms with Crippen LogP contribution in [0.2, 0.25) is 0 Å². The van der Waals surface area contributed by atoms with E-state index < -0.39 is 22.0 Å². The van der Waals surface area contributed by atoms with Crippen molar-refractivity contribution in [3.05, 3.63) is 46.6 Å². The normalized spacial score (nSPS) is 12.9. The van der Waals surface area contributed by atoms with Crippen LogP contribution < -0.4 is 4.72 Å². The predicted octanol–water partition coefficient (Wildman–Crippen LogP) is 2.51. The van der Waals surface area contributed by atoms with Gasteiger partial charge < -0.3 is 5.11 Å². The number of hydrogen-bond donors (Lipinski definition) is 2. The number of rotatable bonds is 8. The van der Waals surface area contributed by atoms with Crippen molar-refractivity contribution < 1.29 is 18.3 Å². The average molecular weight is 368 g/mol. The highest BCUT2D eigenvalue weighted by atomic mass is 32.2. The van der Waals surface area contributed by atoms with E-state index >= 15 is 0 Å². The van der Waals surface area contributed by atoms with E-state index in [2.05, 4.69) is 9.71 Å². The molecule has 0 spiro atoms. The largest absolute Gasteiger partial charge is 0.481 e. The van der Waals surface area contributed by atoms with Crippen molar-refractivity contribution in [2.24, 2.45) is 0 Å². The second-order valence-electron chi connectivity index (χ2n) is 5.55. The smallest absolute Gasteiger partial charge is 0.303 e. The summed E-state index contributed by atoms with van der Waals surface area (Å²) in [4.78, 5) is 15.0. The molecule has 0 aliphatic carbocycles. The maximum atomic E-state index is 12.6. The van der Waals surface area contributed by atoms with Gasteiger partial charge in [-0.15, -0.1) is 11.3 Å². The molecule has 1 aromatic carbocycles. The zero-order valence-electron chi connectivity index (χ0n) is 13.5. The Balaban J connectivity index is 2.20. The standard InChI is InChI=1S/C16H20N2O4S2/c1-11-16(23-12(2)17-11)24(21,22)18-14(8-9-15(19)20)10-13-6-4-3-5-7-13/h3-7,14,18H,8-10H2,1-2H3,(H,19,20). The third kappa shape index (κ3) is 5.12. The molecule has 0 amide bonds. The number of thiazole rings is 1. The molecule has 1 atom stereocenters. The molecule has 24 heavy (non-hydrogen) atoms. The number of hydrogen-bond acceptors (Lipinski definition) is 5. The number of aryl methyl sites for hydroxylation is 2. The number of aromatic nitrogens is 1. The second-order valence-corrected chi connectivity index (χ2v) is 8.66. The zero-order chi connectivity index (χ0) is 17.7. The molecular formula is C16H20N2O4S2. The summed E-state index contributed by atoms with van der Waals surface area (Å²) in [6.45, 7) is 3.41. The Morgan fingerprint density at radius 2 is 1.96 bits per heavy atom. The number of sulfonamides is 1. The topological polar surface area (TPSA) is 96.4 Å². The van der Waals surface area contributed by atoms with E-state index in [1.165, 1.54) is 0 Å². The van der Waals surface area contributed by atoms with Gasteiger partial charge in [-0.05, 0) is 32.3 Å². The Labute approximate surface area is 145 Å². The highest BCUT2D eigenvalue weighted by Crippen LogP contribution is 2.23. The molecule has 0 bridgehead atoms. The molecule has 1 aromatic heterocycles. The lowest BCUT2D eigenvalue weighted by atomic mass is 10.0. The summed E-state index contributed by atoms with van der Waals surface area (Å²) in [7, 11) is -3.72. The lowest BCUT2D eigenvalue weighted by molar-refractivity contribution is -0.137. The van der Waals surface area contributed by atoms with Crippen molar-refractivity contribution in [1.29, 1.82) is 0 Å². The summed E-state index contributed by atoms with van der Waals surface area (Å²) >= 11 is 1.12. The van der Waals surface area contributed by atoms with Crippen molar-refractivity contribution in [1.82, 2.24) is 9.71 Å². The number of benzene rings is 1. The highest BCUT2D eigenvalue weighted by Gasteiger charge is 2.25. The van der Waals surface area contributed by atoms with E-state index in [4.69, 9.17) is 5.11 Å². The van der Waals surface area contributed by atoms with Gasteiger partial charge in [0.25, 0.3) is 10.0 Å². The Kier molecular flexibility index (Phi) is 6.09. The Bertz CT molecular complexity index is 801. The van der Waals surface area contributed by atoms with Crippen LogP contribution in [0.3, 0.4) is 0 Å². The van der Waals surface area contributed by atoms with Gasteiger partial charge in [0.2, 0.25) is 0 Å². The monoisotopic (exact) mass is 368 g/mol. The number of carboxylic acids is 1. The number of carboxylic acid groups (broad SMARTS) is 1. The molecule has 2 aromatic rings. The van der Waals surface area contributed by atoms with Crippen LogP contribution in [0.4, 0.5) is 0 Å². The summed E-state index contributed by atoms with van der Waals surface area (Å²) in [5.41, 5.74) is 1.41. The molecule has 1 heterocycles. The van der Waals surface area contributed by atoms with Crippen LogP contribution in [0, 0.1) is 13.8 Å². The van der Waals surface area contributed by atoms with Gasteiger partial charge >= 0.3 is 5.97 Å². The van der Waals surface area contributed by atoms with Crippen LogP contribution >= 0.6 is 11.3 Å².